The summed E-state index contributed by atoms with van der Waals surface area (Å²) in [6.07, 6.45) is 3.35. The molecule has 1 aromatic carbocycles. The maximum atomic E-state index is 14.0. The molecule has 2 rings (SSSR count). The van der Waals surface area contributed by atoms with Crippen molar-refractivity contribution in [2.24, 2.45) is 0 Å². The lowest BCUT2D eigenvalue weighted by Gasteiger charge is -2.25. The van der Waals surface area contributed by atoms with Crippen molar-refractivity contribution in [3.63, 3.8) is 0 Å². The predicted octanol–water partition coefficient (Wildman–Crippen LogP) is 3.34. The Morgan fingerprint density at radius 2 is 2.16 bits per heavy atom. The molecule has 0 bridgehead atoms. The second-order valence-electron chi connectivity index (χ2n) is 4.67. The normalized spacial score (nSPS) is 12.4. The summed E-state index contributed by atoms with van der Waals surface area (Å²) in [5, 5.41) is 3.09. The van der Waals surface area contributed by atoms with Gasteiger partial charge in [0.1, 0.15) is 5.82 Å². The van der Waals surface area contributed by atoms with Gasteiger partial charge in [-0.15, -0.1) is 0 Å². The molecule has 3 nitrogen and oxygen atoms in total. The van der Waals surface area contributed by atoms with Gasteiger partial charge in [0.05, 0.1) is 12.5 Å². The molecule has 0 aliphatic heterocycles. The molecule has 0 aliphatic rings. The van der Waals surface area contributed by atoms with Gasteiger partial charge in [-0.2, -0.15) is 0 Å². The van der Waals surface area contributed by atoms with E-state index in [0.29, 0.717) is 12.1 Å². The number of hydrogen-bond acceptors (Lipinski definition) is 3. The molecule has 0 fully saturated rings. The van der Waals surface area contributed by atoms with E-state index in [9.17, 15) is 4.39 Å². The molecular weight excluding hydrogens is 243 g/mol. The van der Waals surface area contributed by atoms with Crippen LogP contribution in [0, 0.1) is 5.82 Å². The average molecular weight is 262 g/mol. The Morgan fingerprint density at radius 3 is 2.79 bits per heavy atom. The fourth-order valence-electron chi connectivity index (χ4n) is 2.17. The van der Waals surface area contributed by atoms with Crippen molar-refractivity contribution in [1.82, 2.24) is 5.32 Å². The first kappa shape index (κ1) is 13.6. The highest BCUT2D eigenvalue weighted by atomic mass is 19.1. The Morgan fingerprint density at radius 1 is 1.37 bits per heavy atom. The van der Waals surface area contributed by atoms with Crippen molar-refractivity contribution in [3.05, 3.63) is 53.7 Å². The van der Waals surface area contributed by atoms with Gasteiger partial charge in [-0.25, -0.2) is 4.39 Å². The number of nitrogens with zero attached hydrogens (tertiary/aromatic N) is 1. The highest BCUT2D eigenvalue weighted by molar-refractivity contribution is 5.55. The molecule has 2 aromatic rings. The summed E-state index contributed by atoms with van der Waals surface area (Å²) >= 11 is 0. The Balaban J connectivity index is 2.30. The quantitative estimate of drug-likeness (QED) is 0.896. The zero-order valence-electron chi connectivity index (χ0n) is 11.5. The minimum absolute atomic E-state index is 0.0389. The third kappa shape index (κ3) is 2.96. The van der Waals surface area contributed by atoms with Gasteiger partial charge in [-0.3, -0.25) is 0 Å². The van der Waals surface area contributed by atoms with Crippen molar-refractivity contribution < 1.29 is 8.81 Å². The summed E-state index contributed by atoms with van der Waals surface area (Å²) in [5.74, 6) is -0.182. The smallest absolute Gasteiger partial charge is 0.130 e. The SMILES string of the molecule is CNC(C)c1c(F)cccc1N(C)Cc1ccoc1. The standard InChI is InChI=1S/C15H19FN2O/c1-11(17-2)15-13(16)5-4-6-14(15)18(3)9-12-7-8-19-10-12/h4-8,10-11,17H,9H2,1-3H3. The zero-order chi connectivity index (χ0) is 13.8. The number of benzene rings is 1. The molecule has 0 amide bonds. The minimum Gasteiger partial charge on any atom is -0.472 e. The summed E-state index contributed by atoms with van der Waals surface area (Å²) < 4.78 is 19.1. The van der Waals surface area contributed by atoms with Crippen LogP contribution in [-0.4, -0.2) is 14.1 Å². The summed E-state index contributed by atoms with van der Waals surface area (Å²) in [6.45, 7) is 2.64. The Labute approximate surface area is 113 Å². The van der Waals surface area contributed by atoms with E-state index < -0.39 is 0 Å². The van der Waals surface area contributed by atoms with Gasteiger partial charge in [0.15, 0.2) is 0 Å². The van der Waals surface area contributed by atoms with Crippen LogP contribution in [0.1, 0.15) is 24.1 Å². The van der Waals surface area contributed by atoms with Crippen molar-refractivity contribution in [1.29, 1.82) is 0 Å². The lowest BCUT2D eigenvalue weighted by atomic mass is 10.0. The van der Waals surface area contributed by atoms with E-state index in [2.05, 4.69) is 5.32 Å². The largest absolute Gasteiger partial charge is 0.472 e. The monoisotopic (exact) mass is 262 g/mol. The summed E-state index contributed by atoms with van der Waals surface area (Å²) in [5.41, 5.74) is 2.65. The summed E-state index contributed by atoms with van der Waals surface area (Å²) in [6, 6.07) is 7.05. The van der Waals surface area contributed by atoms with Crippen molar-refractivity contribution in [3.8, 4) is 0 Å². The number of anilines is 1. The van der Waals surface area contributed by atoms with Crippen LogP contribution in [-0.2, 0) is 6.54 Å². The molecule has 0 saturated carbocycles. The third-order valence-corrected chi connectivity index (χ3v) is 3.31. The maximum absolute atomic E-state index is 14.0. The molecule has 102 valence electrons. The second kappa shape index (κ2) is 5.89. The molecule has 0 spiro atoms. The number of halogens is 1. The number of nitrogens with one attached hydrogen (secondary N) is 1. The van der Waals surface area contributed by atoms with E-state index >= 15 is 0 Å². The van der Waals surface area contributed by atoms with Gasteiger partial charge in [0.2, 0.25) is 0 Å². The summed E-state index contributed by atoms with van der Waals surface area (Å²) in [7, 11) is 3.78. The highest BCUT2D eigenvalue weighted by Crippen LogP contribution is 2.29. The molecule has 1 aromatic heterocycles. The van der Waals surface area contributed by atoms with Gasteiger partial charge in [-0.05, 0) is 32.2 Å². The van der Waals surface area contributed by atoms with Crippen LogP contribution in [0.5, 0.6) is 0 Å². The fourth-order valence-corrected chi connectivity index (χ4v) is 2.17. The van der Waals surface area contributed by atoms with Crippen LogP contribution in [0.15, 0.2) is 41.2 Å². The predicted molar refractivity (Wildman–Crippen MR) is 74.7 cm³/mol. The number of furan rings is 1. The van der Waals surface area contributed by atoms with Crippen LogP contribution < -0.4 is 10.2 Å². The average Bonchev–Trinajstić information content (AvgIpc) is 2.90. The Bertz CT molecular complexity index is 525. The van der Waals surface area contributed by atoms with Crippen LogP contribution >= 0.6 is 0 Å². The van der Waals surface area contributed by atoms with E-state index in [0.717, 1.165) is 11.3 Å². The minimum atomic E-state index is -0.182. The van der Waals surface area contributed by atoms with Gasteiger partial charge >= 0.3 is 0 Å². The topological polar surface area (TPSA) is 28.4 Å². The Kier molecular flexibility index (Phi) is 4.22. The molecule has 19 heavy (non-hydrogen) atoms. The molecule has 1 N–H and O–H groups in total. The van der Waals surface area contributed by atoms with Gasteiger partial charge < -0.3 is 14.6 Å². The maximum Gasteiger partial charge on any atom is 0.130 e. The molecule has 4 heteroatoms. The lowest BCUT2D eigenvalue weighted by Crippen LogP contribution is -2.22. The summed E-state index contributed by atoms with van der Waals surface area (Å²) in [4.78, 5) is 2.02. The van der Waals surface area contributed by atoms with E-state index in [1.807, 2.05) is 38.1 Å². The van der Waals surface area contributed by atoms with E-state index in [1.165, 1.54) is 6.07 Å². The van der Waals surface area contributed by atoms with Gasteiger partial charge in [0, 0.05) is 36.4 Å². The van der Waals surface area contributed by atoms with E-state index in [4.69, 9.17) is 4.42 Å². The molecule has 0 aliphatic carbocycles. The van der Waals surface area contributed by atoms with Crippen LogP contribution in [0.4, 0.5) is 10.1 Å². The molecule has 1 heterocycles. The fraction of sp³-hybridized carbons (Fsp3) is 0.333. The first-order valence-corrected chi connectivity index (χ1v) is 6.31. The van der Waals surface area contributed by atoms with Crippen LogP contribution in [0.25, 0.3) is 0 Å². The highest BCUT2D eigenvalue weighted by Gasteiger charge is 2.17. The van der Waals surface area contributed by atoms with E-state index in [1.54, 1.807) is 18.6 Å². The van der Waals surface area contributed by atoms with E-state index in [-0.39, 0.29) is 11.9 Å². The molecule has 0 saturated heterocycles. The molecular formula is C15H19FN2O. The molecule has 0 radical (unpaired) electrons. The second-order valence-corrected chi connectivity index (χ2v) is 4.67. The van der Waals surface area contributed by atoms with Gasteiger partial charge in [-0.1, -0.05) is 6.07 Å². The number of rotatable bonds is 5. The van der Waals surface area contributed by atoms with Crippen molar-refractivity contribution >= 4 is 5.69 Å². The first-order chi connectivity index (χ1) is 9.13. The number of hydrogen-bond donors (Lipinski definition) is 1. The molecule has 1 atom stereocenters. The Hall–Kier alpha value is -1.81. The third-order valence-electron chi connectivity index (χ3n) is 3.31. The molecule has 1 unspecified atom stereocenters. The van der Waals surface area contributed by atoms with Crippen LogP contribution in [0.2, 0.25) is 0 Å². The zero-order valence-corrected chi connectivity index (χ0v) is 11.5. The first-order valence-electron chi connectivity index (χ1n) is 6.31. The lowest BCUT2D eigenvalue weighted by molar-refractivity contribution is 0.559. The van der Waals surface area contributed by atoms with Crippen LogP contribution in [0.3, 0.4) is 0 Å². The van der Waals surface area contributed by atoms with Crippen molar-refractivity contribution in [2.75, 3.05) is 19.0 Å². The van der Waals surface area contributed by atoms with Gasteiger partial charge in [0.25, 0.3) is 0 Å². The van der Waals surface area contributed by atoms with Crippen molar-refractivity contribution in [2.45, 2.75) is 19.5 Å².